The molecule has 0 radical (unpaired) electrons. The first-order valence-electron chi connectivity index (χ1n) is 18.7. The Morgan fingerprint density at radius 2 is 1.61 bits per heavy atom. The first-order chi connectivity index (χ1) is 22.5. The second kappa shape index (κ2) is 15.3. The molecule has 1 spiro atoms. The first-order valence-corrected chi connectivity index (χ1v) is 18.7. The van der Waals surface area contributed by atoms with E-state index in [4.69, 9.17) is 18.9 Å². The molecular formula is C38H57NO7. The van der Waals surface area contributed by atoms with Crippen LogP contribution in [0.25, 0.3) is 0 Å². The predicted octanol–water partition coefficient (Wildman–Crippen LogP) is 7.79. The average Bonchev–Trinajstić information content (AvgIpc) is 3.79. The minimum atomic E-state index is -1.01. The highest BCUT2D eigenvalue weighted by molar-refractivity contribution is 5.90. The number of aliphatic hydroxyl groups is 1. The Hall–Kier alpha value is -2.32. The summed E-state index contributed by atoms with van der Waals surface area (Å²) >= 11 is 0. The Bertz CT molecular complexity index is 1200. The third kappa shape index (κ3) is 6.94. The molecule has 1 aromatic carbocycles. The molecule has 0 aromatic heterocycles. The summed E-state index contributed by atoms with van der Waals surface area (Å²) in [5.74, 6) is 1.76. The second-order valence-electron chi connectivity index (χ2n) is 14.8. The lowest BCUT2D eigenvalue weighted by molar-refractivity contribution is -0.188. The zero-order valence-corrected chi connectivity index (χ0v) is 28.2. The normalized spacial score (nSPS) is 27.7. The lowest BCUT2D eigenvalue weighted by Gasteiger charge is -2.62. The summed E-state index contributed by atoms with van der Waals surface area (Å²) in [5, 5.41) is 12.4. The lowest BCUT2D eigenvalue weighted by atomic mass is 9.49. The summed E-state index contributed by atoms with van der Waals surface area (Å²) in [4.78, 5) is 27.9. The van der Waals surface area contributed by atoms with Crippen molar-refractivity contribution in [3.05, 3.63) is 23.3 Å². The van der Waals surface area contributed by atoms with Gasteiger partial charge in [0.25, 0.3) is 0 Å². The van der Waals surface area contributed by atoms with E-state index in [-0.39, 0.29) is 18.6 Å². The highest BCUT2D eigenvalue weighted by atomic mass is 16.8. The van der Waals surface area contributed by atoms with E-state index in [1.807, 2.05) is 12.1 Å². The van der Waals surface area contributed by atoms with E-state index in [2.05, 4.69) is 11.8 Å². The molecule has 1 aromatic rings. The summed E-state index contributed by atoms with van der Waals surface area (Å²) in [5.41, 5.74) is 0.308. The number of benzene rings is 1. The number of piperidine rings is 1. The van der Waals surface area contributed by atoms with Crippen molar-refractivity contribution >= 4 is 11.9 Å². The topological polar surface area (TPSA) is 94.5 Å². The van der Waals surface area contributed by atoms with Crippen LogP contribution in [-0.2, 0) is 26.1 Å². The van der Waals surface area contributed by atoms with Crippen molar-refractivity contribution < 1.29 is 33.6 Å². The van der Waals surface area contributed by atoms with Crippen LogP contribution in [0.5, 0.6) is 11.5 Å². The molecule has 3 fully saturated rings. The SMILES string of the molecule is CCCCCCCCCCCCCCCCOC(=O)OCOc1ccc2c3c1O[C@H]1C(=O)CC[C@@]4(O)C(C2)N(CC2CC2)CC[C@]314. The number of ketones is 1. The number of ether oxygens (including phenoxy) is 4. The Morgan fingerprint density at radius 1 is 0.935 bits per heavy atom. The largest absolute Gasteiger partial charge is 0.511 e. The average molecular weight is 640 g/mol. The van der Waals surface area contributed by atoms with Crippen LogP contribution < -0.4 is 9.47 Å². The van der Waals surface area contributed by atoms with Crippen LogP contribution >= 0.6 is 0 Å². The molecule has 4 atom stereocenters. The molecule has 2 heterocycles. The maximum absolute atomic E-state index is 13.3. The van der Waals surface area contributed by atoms with Gasteiger partial charge in [0.2, 0.25) is 6.79 Å². The van der Waals surface area contributed by atoms with E-state index in [0.717, 1.165) is 49.4 Å². The molecule has 2 aliphatic heterocycles. The second-order valence-corrected chi connectivity index (χ2v) is 14.8. The molecule has 6 rings (SSSR count). The Morgan fingerprint density at radius 3 is 2.28 bits per heavy atom. The zero-order valence-electron chi connectivity index (χ0n) is 28.2. The van der Waals surface area contributed by atoms with Gasteiger partial charge in [-0.3, -0.25) is 9.69 Å². The highest BCUT2D eigenvalue weighted by Gasteiger charge is 2.73. The Labute approximate surface area is 275 Å². The number of unbranched alkanes of at least 4 members (excludes halogenated alkanes) is 13. The van der Waals surface area contributed by atoms with Gasteiger partial charge in [-0.1, -0.05) is 96.5 Å². The van der Waals surface area contributed by atoms with Crippen LogP contribution in [-0.4, -0.2) is 66.2 Å². The number of carbonyl (C=O) groups excluding carboxylic acids is 2. The van der Waals surface area contributed by atoms with E-state index in [0.29, 0.717) is 37.4 Å². The lowest BCUT2D eigenvalue weighted by Crippen LogP contribution is -2.76. The predicted molar refractivity (Wildman–Crippen MR) is 176 cm³/mol. The molecule has 1 saturated heterocycles. The standard InChI is InChI=1S/C38H57NO7/c1-2-3-4-5-6-7-8-9-10-11-12-13-14-15-24-43-36(41)45-27-44-31-19-18-29-25-32-38(42)21-20-30(40)35-37(38,33(29)34(31)46-35)22-23-39(32)26-28-16-17-28/h18-19,28,32,35,42H,2-17,20-27H2,1H3/t32?,35-,37-,38+/m0/s1. The van der Waals surface area contributed by atoms with E-state index < -0.39 is 23.3 Å². The third-order valence-corrected chi connectivity index (χ3v) is 11.7. The van der Waals surface area contributed by atoms with Gasteiger partial charge in [0, 0.05) is 24.6 Å². The van der Waals surface area contributed by atoms with Gasteiger partial charge in [-0.25, -0.2) is 4.79 Å². The first kappa shape index (κ1) is 33.6. The molecule has 0 amide bonds. The monoisotopic (exact) mass is 639 g/mol. The molecular weight excluding hydrogens is 582 g/mol. The summed E-state index contributed by atoms with van der Waals surface area (Å²) in [7, 11) is 0. The van der Waals surface area contributed by atoms with Crippen molar-refractivity contribution in [1.29, 1.82) is 0 Å². The van der Waals surface area contributed by atoms with Crippen LogP contribution in [0.2, 0.25) is 0 Å². The number of carbonyl (C=O) groups is 2. The van der Waals surface area contributed by atoms with Crippen molar-refractivity contribution in [2.24, 2.45) is 5.92 Å². The van der Waals surface area contributed by atoms with Gasteiger partial charge in [-0.2, -0.15) is 0 Å². The van der Waals surface area contributed by atoms with Gasteiger partial charge < -0.3 is 24.1 Å². The van der Waals surface area contributed by atoms with Crippen molar-refractivity contribution in [2.45, 2.75) is 159 Å². The van der Waals surface area contributed by atoms with Crippen molar-refractivity contribution in [1.82, 2.24) is 4.90 Å². The minimum Gasteiger partial charge on any atom is -0.477 e. The molecule has 2 saturated carbocycles. The fourth-order valence-corrected chi connectivity index (χ4v) is 9.00. The van der Waals surface area contributed by atoms with Gasteiger partial charge in [-0.05, 0) is 62.6 Å². The van der Waals surface area contributed by atoms with Gasteiger partial charge in [0.05, 0.1) is 17.6 Å². The van der Waals surface area contributed by atoms with E-state index >= 15 is 0 Å². The van der Waals surface area contributed by atoms with Crippen LogP contribution in [0.3, 0.4) is 0 Å². The maximum Gasteiger partial charge on any atom is 0.511 e. The van der Waals surface area contributed by atoms with Crippen LogP contribution in [0.4, 0.5) is 4.79 Å². The van der Waals surface area contributed by atoms with Gasteiger partial charge in [-0.15, -0.1) is 0 Å². The van der Waals surface area contributed by atoms with Crippen molar-refractivity contribution in [2.75, 3.05) is 26.5 Å². The summed E-state index contributed by atoms with van der Waals surface area (Å²) in [6.07, 6.45) is 21.2. The van der Waals surface area contributed by atoms with Crippen LogP contribution in [0.1, 0.15) is 140 Å². The molecule has 3 aliphatic carbocycles. The molecule has 46 heavy (non-hydrogen) atoms. The number of rotatable bonds is 20. The fourth-order valence-electron chi connectivity index (χ4n) is 9.00. The quantitative estimate of drug-likeness (QED) is 0.0878. The van der Waals surface area contributed by atoms with Crippen molar-refractivity contribution in [3.8, 4) is 11.5 Å². The number of Topliss-reactive ketones (excluding diaryl/α,β-unsaturated/α-hetero) is 1. The third-order valence-electron chi connectivity index (χ3n) is 11.7. The molecule has 1 unspecified atom stereocenters. The van der Waals surface area contributed by atoms with E-state index in [1.54, 1.807) is 0 Å². The summed E-state index contributed by atoms with van der Waals surface area (Å²) in [6.45, 7) is 4.18. The molecule has 5 aliphatic rings. The zero-order chi connectivity index (χ0) is 32.0. The number of likely N-dealkylation sites (tertiary alicyclic amines) is 1. The number of hydrogen-bond donors (Lipinski definition) is 1. The smallest absolute Gasteiger partial charge is 0.477 e. The van der Waals surface area contributed by atoms with Crippen LogP contribution in [0.15, 0.2) is 12.1 Å². The molecule has 2 bridgehead atoms. The molecule has 1 N–H and O–H groups in total. The van der Waals surface area contributed by atoms with Gasteiger partial charge in [0.1, 0.15) is 0 Å². The number of hydrogen-bond acceptors (Lipinski definition) is 8. The Balaban J connectivity index is 0.909. The highest BCUT2D eigenvalue weighted by Crippen LogP contribution is 2.65. The number of nitrogens with zero attached hydrogens (tertiary/aromatic N) is 1. The maximum atomic E-state index is 13.3. The summed E-state index contributed by atoms with van der Waals surface area (Å²) in [6, 6.07) is 3.88. The fraction of sp³-hybridized carbons (Fsp3) is 0.789. The van der Waals surface area contributed by atoms with Gasteiger partial charge >= 0.3 is 6.16 Å². The molecule has 256 valence electrons. The molecule has 8 nitrogen and oxygen atoms in total. The minimum absolute atomic E-state index is 0.0101. The van der Waals surface area contributed by atoms with Crippen LogP contribution in [0, 0.1) is 5.92 Å². The van der Waals surface area contributed by atoms with Crippen molar-refractivity contribution in [3.63, 3.8) is 0 Å². The summed E-state index contributed by atoms with van der Waals surface area (Å²) < 4.78 is 22.8. The van der Waals surface area contributed by atoms with E-state index in [1.165, 1.54) is 89.9 Å². The van der Waals surface area contributed by atoms with Gasteiger partial charge in [0.15, 0.2) is 23.4 Å². The van der Waals surface area contributed by atoms with E-state index in [9.17, 15) is 14.7 Å². The molecule has 8 heteroatoms. The Kier molecular flexibility index (Phi) is 11.1.